The number of aromatic nitrogens is 3. The van der Waals surface area contributed by atoms with E-state index in [0.29, 0.717) is 24.8 Å². The molecule has 3 heterocycles. The van der Waals surface area contributed by atoms with Gasteiger partial charge in [0, 0.05) is 32.3 Å². The largest absolute Gasteiger partial charge is 0.339 e. The topological polar surface area (TPSA) is 81.2 Å². The van der Waals surface area contributed by atoms with Gasteiger partial charge in [-0.05, 0) is 12.1 Å². The number of aryl methyl sites for hydroxylation is 1. The van der Waals surface area contributed by atoms with Crippen molar-refractivity contribution in [3.8, 4) is 0 Å². The van der Waals surface area contributed by atoms with Gasteiger partial charge < -0.3 is 14.0 Å². The molecule has 0 aliphatic carbocycles. The molecule has 1 fully saturated rings. The van der Waals surface area contributed by atoms with Crippen LogP contribution in [0.1, 0.15) is 47.8 Å². The fourth-order valence-corrected chi connectivity index (χ4v) is 2.38. The minimum Gasteiger partial charge on any atom is -0.339 e. The Bertz CT molecular complexity index is 756. The first-order chi connectivity index (χ1) is 10.5. The van der Waals surface area contributed by atoms with Crippen LogP contribution in [0.15, 0.2) is 27.6 Å². The number of carbonyl (C=O) groups excluding carboxylic acids is 1. The summed E-state index contributed by atoms with van der Waals surface area (Å²) in [6.07, 6.45) is 1.63. The molecule has 0 N–H and O–H groups in total. The predicted molar refractivity (Wildman–Crippen MR) is 78.7 cm³/mol. The lowest BCUT2D eigenvalue weighted by Gasteiger charge is -2.36. The SMILES string of the molecule is CC(C)c1noc(C2CN(C(=O)c3cccn(C)c3=O)C2)n1. The lowest BCUT2D eigenvalue weighted by Crippen LogP contribution is -2.50. The third-order valence-electron chi connectivity index (χ3n) is 3.85. The van der Waals surface area contributed by atoms with Crippen LogP contribution >= 0.6 is 0 Å². The number of amides is 1. The second-order valence-corrected chi connectivity index (χ2v) is 5.89. The van der Waals surface area contributed by atoms with Crippen molar-refractivity contribution in [3.63, 3.8) is 0 Å². The predicted octanol–water partition coefficient (Wildman–Crippen LogP) is 1.13. The third kappa shape index (κ3) is 2.43. The Hall–Kier alpha value is -2.44. The smallest absolute Gasteiger partial charge is 0.263 e. The summed E-state index contributed by atoms with van der Waals surface area (Å²) in [5, 5.41) is 3.93. The fraction of sp³-hybridized carbons (Fsp3) is 0.467. The van der Waals surface area contributed by atoms with Crippen molar-refractivity contribution in [2.45, 2.75) is 25.7 Å². The highest BCUT2D eigenvalue weighted by atomic mass is 16.5. The summed E-state index contributed by atoms with van der Waals surface area (Å²) >= 11 is 0. The zero-order valence-electron chi connectivity index (χ0n) is 12.8. The summed E-state index contributed by atoms with van der Waals surface area (Å²) < 4.78 is 6.64. The van der Waals surface area contributed by atoms with Gasteiger partial charge >= 0.3 is 0 Å². The zero-order chi connectivity index (χ0) is 15.9. The molecule has 0 unspecified atom stereocenters. The summed E-state index contributed by atoms with van der Waals surface area (Å²) in [5.41, 5.74) is -0.0901. The van der Waals surface area contributed by atoms with Crippen LogP contribution in [0, 0.1) is 0 Å². The van der Waals surface area contributed by atoms with Crippen LogP contribution in [0.2, 0.25) is 0 Å². The van der Waals surface area contributed by atoms with Crippen LogP contribution in [0.25, 0.3) is 0 Å². The van der Waals surface area contributed by atoms with Gasteiger partial charge in [0.25, 0.3) is 11.5 Å². The van der Waals surface area contributed by atoms with Crippen molar-refractivity contribution in [1.82, 2.24) is 19.6 Å². The van der Waals surface area contributed by atoms with Gasteiger partial charge in [0.05, 0.1) is 5.92 Å². The van der Waals surface area contributed by atoms with Gasteiger partial charge in [-0.3, -0.25) is 9.59 Å². The maximum absolute atomic E-state index is 12.3. The van der Waals surface area contributed by atoms with Gasteiger partial charge in [-0.2, -0.15) is 4.98 Å². The lowest BCUT2D eigenvalue weighted by atomic mass is 9.99. The minimum atomic E-state index is -0.282. The molecule has 3 rings (SSSR count). The van der Waals surface area contributed by atoms with Gasteiger partial charge in [0.1, 0.15) is 5.56 Å². The van der Waals surface area contributed by atoms with Crippen molar-refractivity contribution in [2.75, 3.05) is 13.1 Å². The molecule has 1 saturated heterocycles. The van der Waals surface area contributed by atoms with Gasteiger partial charge in [-0.15, -0.1) is 0 Å². The molecule has 7 nitrogen and oxygen atoms in total. The lowest BCUT2D eigenvalue weighted by molar-refractivity contribution is 0.0566. The van der Waals surface area contributed by atoms with Crippen molar-refractivity contribution in [3.05, 3.63) is 46.0 Å². The van der Waals surface area contributed by atoms with Crippen molar-refractivity contribution >= 4 is 5.91 Å². The van der Waals surface area contributed by atoms with E-state index in [1.54, 1.807) is 30.3 Å². The zero-order valence-corrected chi connectivity index (χ0v) is 12.8. The quantitative estimate of drug-likeness (QED) is 0.849. The Balaban J connectivity index is 1.69. The van der Waals surface area contributed by atoms with E-state index in [4.69, 9.17) is 4.52 Å². The summed E-state index contributed by atoms with van der Waals surface area (Å²) in [6, 6.07) is 3.25. The summed E-state index contributed by atoms with van der Waals surface area (Å²) in [5.74, 6) is 1.26. The van der Waals surface area contributed by atoms with Crippen LogP contribution in [-0.4, -0.2) is 38.6 Å². The number of nitrogens with zero attached hydrogens (tertiary/aromatic N) is 4. The van der Waals surface area contributed by atoms with Crippen LogP contribution in [-0.2, 0) is 7.05 Å². The van der Waals surface area contributed by atoms with E-state index in [0.717, 1.165) is 0 Å². The average Bonchev–Trinajstić information content (AvgIpc) is 2.89. The highest BCUT2D eigenvalue weighted by molar-refractivity contribution is 5.94. The Labute approximate surface area is 127 Å². The Morgan fingerprint density at radius 2 is 2.14 bits per heavy atom. The first-order valence-corrected chi connectivity index (χ1v) is 7.25. The van der Waals surface area contributed by atoms with Gasteiger partial charge in [-0.1, -0.05) is 19.0 Å². The molecule has 1 aliphatic heterocycles. The molecule has 2 aromatic rings. The van der Waals surface area contributed by atoms with Crippen LogP contribution in [0.4, 0.5) is 0 Å². The fourth-order valence-electron chi connectivity index (χ4n) is 2.38. The molecule has 2 aromatic heterocycles. The molecule has 1 aliphatic rings. The summed E-state index contributed by atoms with van der Waals surface area (Å²) in [7, 11) is 1.63. The third-order valence-corrected chi connectivity index (χ3v) is 3.85. The van der Waals surface area contributed by atoms with Crippen LogP contribution < -0.4 is 5.56 Å². The van der Waals surface area contributed by atoms with Crippen molar-refractivity contribution in [2.24, 2.45) is 7.05 Å². The van der Waals surface area contributed by atoms with Gasteiger partial charge in [-0.25, -0.2) is 0 Å². The average molecular weight is 302 g/mol. The number of likely N-dealkylation sites (tertiary alicyclic amines) is 1. The number of hydrogen-bond acceptors (Lipinski definition) is 5. The van der Waals surface area contributed by atoms with Crippen LogP contribution in [0.5, 0.6) is 0 Å². The normalized spacial score (nSPS) is 15.2. The van der Waals surface area contributed by atoms with Crippen molar-refractivity contribution < 1.29 is 9.32 Å². The van der Waals surface area contributed by atoms with Gasteiger partial charge in [0.15, 0.2) is 5.82 Å². The highest BCUT2D eigenvalue weighted by Gasteiger charge is 2.36. The highest BCUT2D eigenvalue weighted by Crippen LogP contribution is 2.27. The monoisotopic (exact) mass is 302 g/mol. The molecule has 116 valence electrons. The molecule has 0 aromatic carbocycles. The molecule has 1 amide bonds. The molecule has 22 heavy (non-hydrogen) atoms. The van der Waals surface area contributed by atoms with E-state index in [9.17, 15) is 9.59 Å². The second kappa shape index (κ2) is 5.40. The van der Waals surface area contributed by atoms with Crippen molar-refractivity contribution in [1.29, 1.82) is 0 Å². The molecular formula is C15H18N4O3. The Kier molecular flexibility index (Phi) is 3.56. The number of pyridine rings is 1. The second-order valence-electron chi connectivity index (χ2n) is 5.89. The maximum atomic E-state index is 12.3. The van der Waals surface area contributed by atoms with Gasteiger partial charge in [0.2, 0.25) is 5.89 Å². The van der Waals surface area contributed by atoms with E-state index in [2.05, 4.69) is 10.1 Å². The standard InChI is InChI=1S/C15H18N4O3/c1-9(2)12-16-13(22-17-12)10-7-19(8-10)15(21)11-5-4-6-18(3)14(11)20/h4-6,9-10H,7-8H2,1-3H3. The number of hydrogen-bond donors (Lipinski definition) is 0. The molecule has 0 atom stereocenters. The maximum Gasteiger partial charge on any atom is 0.263 e. The molecule has 7 heteroatoms. The van der Waals surface area contributed by atoms with E-state index in [1.807, 2.05) is 13.8 Å². The number of rotatable bonds is 3. The van der Waals surface area contributed by atoms with E-state index >= 15 is 0 Å². The molecule has 0 bridgehead atoms. The van der Waals surface area contributed by atoms with Crippen LogP contribution in [0.3, 0.4) is 0 Å². The van der Waals surface area contributed by atoms with E-state index in [1.165, 1.54) is 4.57 Å². The Morgan fingerprint density at radius 3 is 2.77 bits per heavy atom. The summed E-state index contributed by atoms with van der Waals surface area (Å²) in [4.78, 5) is 30.3. The first-order valence-electron chi connectivity index (χ1n) is 7.25. The van der Waals surface area contributed by atoms with E-state index in [-0.39, 0.29) is 28.9 Å². The minimum absolute atomic E-state index is 0.0523. The Morgan fingerprint density at radius 1 is 1.41 bits per heavy atom. The molecular weight excluding hydrogens is 284 g/mol. The summed E-state index contributed by atoms with van der Waals surface area (Å²) in [6.45, 7) is 4.99. The van der Waals surface area contributed by atoms with E-state index < -0.39 is 0 Å². The first kappa shape index (κ1) is 14.5. The molecule has 0 radical (unpaired) electrons. The molecule has 0 spiro atoms. The number of carbonyl (C=O) groups is 1. The molecule has 0 saturated carbocycles.